The fourth-order valence-corrected chi connectivity index (χ4v) is 2.13. The lowest BCUT2D eigenvalue weighted by atomic mass is 9.93. The summed E-state index contributed by atoms with van der Waals surface area (Å²) in [6, 6.07) is 0. The summed E-state index contributed by atoms with van der Waals surface area (Å²) in [5.74, 6) is 2.34. The van der Waals surface area contributed by atoms with E-state index in [1.807, 2.05) is 0 Å². The van der Waals surface area contributed by atoms with Gasteiger partial charge < -0.3 is 10.6 Å². The molecule has 1 rings (SSSR count). The molecule has 0 aromatic rings. The minimum absolute atomic E-state index is 0.684. The topological polar surface area (TPSA) is 29.3 Å². The molecular formula is C12H26N2. The van der Waals surface area contributed by atoms with Gasteiger partial charge in [-0.15, -0.1) is 0 Å². The highest BCUT2D eigenvalue weighted by molar-refractivity contribution is 4.74. The summed E-state index contributed by atoms with van der Waals surface area (Å²) in [6.07, 6.45) is 2.74. The summed E-state index contributed by atoms with van der Waals surface area (Å²) in [7, 11) is 0. The summed E-state index contributed by atoms with van der Waals surface area (Å²) in [6.45, 7) is 11.5. The molecule has 14 heavy (non-hydrogen) atoms. The van der Waals surface area contributed by atoms with Gasteiger partial charge in [0, 0.05) is 6.54 Å². The molecule has 84 valence electrons. The van der Waals surface area contributed by atoms with E-state index < -0.39 is 0 Å². The second-order valence-electron chi connectivity index (χ2n) is 5.22. The van der Waals surface area contributed by atoms with Gasteiger partial charge in [-0.3, -0.25) is 0 Å². The Morgan fingerprint density at radius 2 is 1.86 bits per heavy atom. The predicted molar refractivity (Wildman–Crippen MR) is 62.2 cm³/mol. The van der Waals surface area contributed by atoms with Crippen LogP contribution in [-0.2, 0) is 0 Å². The molecule has 2 nitrogen and oxygen atoms in total. The van der Waals surface area contributed by atoms with Crippen molar-refractivity contribution in [1.82, 2.24) is 4.90 Å². The van der Waals surface area contributed by atoms with Gasteiger partial charge in [-0.2, -0.15) is 0 Å². The summed E-state index contributed by atoms with van der Waals surface area (Å²) in [4.78, 5) is 2.59. The summed E-state index contributed by atoms with van der Waals surface area (Å²) in [5, 5.41) is 0. The molecule has 0 aromatic heterocycles. The zero-order valence-corrected chi connectivity index (χ0v) is 10.00. The molecule has 1 saturated heterocycles. The molecule has 1 atom stereocenters. The first kappa shape index (κ1) is 12.0. The lowest BCUT2D eigenvalue weighted by molar-refractivity contribution is 0.152. The van der Waals surface area contributed by atoms with Gasteiger partial charge in [-0.05, 0) is 50.2 Å². The third-order valence-corrected chi connectivity index (χ3v) is 3.61. The van der Waals surface area contributed by atoms with Gasteiger partial charge in [0.25, 0.3) is 0 Å². The van der Waals surface area contributed by atoms with Gasteiger partial charge in [0.2, 0.25) is 0 Å². The van der Waals surface area contributed by atoms with Crippen molar-refractivity contribution >= 4 is 0 Å². The van der Waals surface area contributed by atoms with Crippen molar-refractivity contribution in [3.63, 3.8) is 0 Å². The predicted octanol–water partition coefficient (Wildman–Crippen LogP) is 1.95. The van der Waals surface area contributed by atoms with Gasteiger partial charge in [0.1, 0.15) is 0 Å². The van der Waals surface area contributed by atoms with Crippen LogP contribution in [0.5, 0.6) is 0 Å². The Balaban J connectivity index is 2.29. The SMILES string of the molecule is CC1CCN(CC(CN)C(C)C)CC1. The van der Waals surface area contributed by atoms with E-state index in [-0.39, 0.29) is 0 Å². The van der Waals surface area contributed by atoms with Crippen LogP contribution in [0, 0.1) is 17.8 Å². The minimum Gasteiger partial charge on any atom is -0.330 e. The van der Waals surface area contributed by atoms with E-state index in [0.29, 0.717) is 5.92 Å². The maximum atomic E-state index is 5.79. The highest BCUT2D eigenvalue weighted by atomic mass is 15.1. The van der Waals surface area contributed by atoms with Gasteiger partial charge in [-0.1, -0.05) is 20.8 Å². The largest absolute Gasteiger partial charge is 0.330 e. The third kappa shape index (κ3) is 3.58. The summed E-state index contributed by atoms with van der Waals surface area (Å²) >= 11 is 0. The number of hydrogen-bond donors (Lipinski definition) is 1. The van der Waals surface area contributed by atoms with Crippen LogP contribution in [0.4, 0.5) is 0 Å². The van der Waals surface area contributed by atoms with Crippen LogP contribution in [0.25, 0.3) is 0 Å². The molecule has 1 heterocycles. The van der Waals surface area contributed by atoms with Gasteiger partial charge >= 0.3 is 0 Å². The smallest absolute Gasteiger partial charge is 0.00242 e. The van der Waals surface area contributed by atoms with E-state index >= 15 is 0 Å². The normalized spacial score (nSPS) is 22.9. The van der Waals surface area contributed by atoms with Crippen molar-refractivity contribution in [2.75, 3.05) is 26.2 Å². The molecule has 0 aromatic carbocycles. The Kier molecular flexibility index (Phi) is 4.90. The van der Waals surface area contributed by atoms with Crippen LogP contribution in [0.1, 0.15) is 33.6 Å². The average Bonchev–Trinajstić information content (AvgIpc) is 2.16. The Morgan fingerprint density at radius 1 is 1.29 bits per heavy atom. The third-order valence-electron chi connectivity index (χ3n) is 3.61. The summed E-state index contributed by atoms with van der Waals surface area (Å²) < 4.78 is 0. The van der Waals surface area contributed by atoms with Crippen molar-refractivity contribution in [2.45, 2.75) is 33.6 Å². The maximum absolute atomic E-state index is 5.79. The fourth-order valence-electron chi connectivity index (χ4n) is 2.13. The van der Waals surface area contributed by atoms with Crippen molar-refractivity contribution in [3.05, 3.63) is 0 Å². The zero-order chi connectivity index (χ0) is 10.6. The van der Waals surface area contributed by atoms with Crippen LogP contribution in [0.2, 0.25) is 0 Å². The second-order valence-corrected chi connectivity index (χ2v) is 5.22. The van der Waals surface area contributed by atoms with Crippen LogP contribution in [0.3, 0.4) is 0 Å². The Morgan fingerprint density at radius 3 is 2.29 bits per heavy atom. The standard InChI is InChI=1S/C12H26N2/c1-10(2)12(8-13)9-14-6-4-11(3)5-7-14/h10-12H,4-9,13H2,1-3H3. The molecule has 1 unspecified atom stereocenters. The molecule has 1 aliphatic rings. The molecule has 1 fully saturated rings. The Bertz CT molecular complexity index is 148. The van der Waals surface area contributed by atoms with Crippen molar-refractivity contribution in [1.29, 1.82) is 0 Å². The minimum atomic E-state index is 0.684. The first-order valence-electron chi connectivity index (χ1n) is 6.06. The van der Waals surface area contributed by atoms with E-state index in [4.69, 9.17) is 5.73 Å². The molecule has 2 heteroatoms. The molecule has 2 N–H and O–H groups in total. The number of piperidine rings is 1. The molecule has 1 aliphatic heterocycles. The first-order chi connectivity index (χ1) is 6.63. The number of nitrogens with zero attached hydrogens (tertiary/aromatic N) is 1. The molecule has 0 aliphatic carbocycles. The van der Waals surface area contributed by atoms with Crippen molar-refractivity contribution in [2.24, 2.45) is 23.5 Å². The lowest BCUT2D eigenvalue weighted by Gasteiger charge is -2.33. The van der Waals surface area contributed by atoms with Crippen LogP contribution < -0.4 is 5.73 Å². The maximum Gasteiger partial charge on any atom is 0.00242 e. The number of nitrogens with two attached hydrogens (primary N) is 1. The fraction of sp³-hybridized carbons (Fsp3) is 1.00. The molecule has 0 bridgehead atoms. The van der Waals surface area contributed by atoms with E-state index in [2.05, 4.69) is 25.7 Å². The van der Waals surface area contributed by atoms with Gasteiger partial charge in [0.05, 0.1) is 0 Å². The summed E-state index contributed by atoms with van der Waals surface area (Å²) in [5.41, 5.74) is 5.79. The Hall–Kier alpha value is -0.0800. The number of likely N-dealkylation sites (tertiary alicyclic amines) is 1. The van der Waals surface area contributed by atoms with Crippen LogP contribution >= 0.6 is 0 Å². The van der Waals surface area contributed by atoms with Crippen LogP contribution in [0.15, 0.2) is 0 Å². The monoisotopic (exact) mass is 198 g/mol. The van der Waals surface area contributed by atoms with Gasteiger partial charge in [0.15, 0.2) is 0 Å². The molecule has 0 amide bonds. The van der Waals surface area contributed by atoms with E-state index in [9.17, 15) is 0 Å². The Labute approximate surface area is 88.8 Å². The number of rotatable bonds is 4. The zero-order valence-electron chi connectivity index (χ0n) is 10.00. The molecular weight excluding hydrogens is 172 g/mol. The van der Waals surface area contributed by atoms with Crippen molar-refractivity contribution < 1.29 is 0 Å². The highest BCUT2D eigenvalue weighted by Crippen LogP contribution is 2.19. The lowest BCUT2D eigenvalue weighted by Crippen LogP contribution is -2.40. The van der Waals surface area contributed by atoms with E-state index in [0.717, 1.165) is 18.4 Å². The van der Waals surface area contributed by atoms with E-state index in [1.54, 1.807) is 0 Å². The van der Waals surface area contributed by atoms with Gasteiger partial charge in [-0.25, -0.2) is 0 Å². The molecule has 0 spiro atoms. The van der Waals surface area contributed by atoms with E-state index in [1.165, 1.54) is 32.5 Å². The van der Waals surface area contributed by atoms with Crippen molar-refractivity contribution in [3.8, 4) is 0 Å². The average molecular weight is 198 g/mol. The first-order valence-corrected chi connectivity index (χ1v) is 6.06. The quantitative estimate of drug-likeness (QED) is 0.748. The second kappa shape index (κ2) is 5.72. The number of hydrogen-bond acceptors (Lipinski definition) is 2. The van der Waals surface area contributed by atoms with Crippen LogP contribution in [-0.4, -0.2) is 31.1 Å². The molecule has 0 saturated carbocycles. The highest BCUT2D eigenvalue weighted by Gasteiger charge is 2.20. The molecule has 0 radical (unpaired) electrons.